The van der Waals surface area contributed by atoms with Crippen LogP contribution in [0.1, 0.15) is 84.0 Å². The molecule has 0 saturated heterocycles. The minimum Gasteiger partial charge on any atom is -0.392 e. The van der Waals surface area contributed by atoms with Crippen molar-refractivity contribution in [1.82, 2.24) is 4.90 Å². The van der Waals surface area contributed by atoms with Crippen LogP contribution in [-0.2, 0) is 0 Å². The van der Waals surface area contributed by atoms with Crippen molar-refractivity contribution in [3.63, 3.8) is 0 Å². The SMILES string of the molecule is CN(C)CC(C)(C1CCC2CCCCC2C1)C(O)C1CCCCC1. The number of hydrogen-bond donors (Lipinski definition) is 1. The summed E-state index contributed by atoms with van der Waals surface area (Å²) in [4.78, 5) is 2.33. The summed E-state index contributed by atoms with van der Waals surface area (Å²) in [6, 6.07) is 0. The Bertz CT molecular complexity index is 389. The molecule has 0 heterocycles. The lowest BCUT2D eigenvalue weighted by atomic mass is 9.57. The van der Waals surface area contributed by atoms with Crippen molar-refractivity contribution >= 4 is 0 Å². The molecule has 5 atom stereocenters. The van der Waals surface area contributed by atoms with E-state index in [0.29, 0.717) is 5.92 Å². The van der Waals surface area contributed by atoms with Gasteiger partial charge in [-0.3, -0.25) is 0 Å². The number of rotatable bonds is 5. The molecule has 24 heavy (non-hydrogen) atoms. The highest BCUT2D eigenvalue weighted by molar-refractivity contribution is 4.98. The zero-order valence-electron chi connectivity index (χ0n) is 16.5. The molecular formula is C22H41NO. The molecule has 0 aliphatic heterocycles. The molecule has 140 valence electrons. The Hall–Kier alpha value is -0.0800. The average Bonchev–Trinajstić information content (AvgIpc) is 2.60. The van der Waals surface area contributed by atoms with Crippen molar-refractivity contribution < 1.29 is 5.11 Å². The van der Waals surface area contributed by atoms with E-state index in [2.05, 4.69) is 25.9 Å². The minimum absolute atomic E-state index is 0.0773. The van der Waals surface area contributed by atoms with Gasteiger partial charge in [-0.2, -0.15) is 0 Å². The van der Waals surface area contributed by atoms with E-state index in [1.165, 1.54) is 77.0 Å². The molecule has 1 N–H and O–H groups in total. The fourth-order valence-corrected chi connectivity index (χ4v) is 6.61. The molecule has 0 amide bonds. The Morgan fingerprint density at radius 2 is 1.50 bits per heavy atom. The Kier molecular flexibility index (Phi) is 6.30. The summed E-state index contributed by atoms with van der Waals surface area (Å²) >= 11 is 0. The molecule has 3 fully saturated rings. The van der Waals surface area contributed by atoms with Gasteiger partial charge < -0.3 is 10.0 Å². The Morgan fingerprint density at radius 3 is 2.17 bits per heavy atom. The minimum atomic E-state index is -0.106. The number of nitrogens with zero attached hydrogens (tertiary/aromatic N) is 1. The Labute approximate surface area is 150 Å². The van der Waals surface area contributed by atoms with Crippen molar-refractivity contribution in [3.05, 3.63) is 0 Å². The maximum Gasteiger partial charge on any atom is 0.0636 e. The first-order valence-electron chi connectivity index (χ1n) is 10.8. The van der Waals surface area contributed by atoms with Gasteiger partial charge in [-0.1, -0.05) is 51.9 Å². The topological polar surface area (TPSA) is 23.5 Å². The Morgan fingerprint density at radius 1 is 0.875 bits per heavy atom. The van der Waals surface area contributed by atoms with Crippen LogP contribution in [0.4, 0.5) is 0 Å². The van der Waals surface area contributed by atoms with Crippen LogP contribution >= 0.6 is 0 Å². The van der Waals surface area contributed by atoms with Gasteiger partial charge in [0.05, 0.1) is 6.10 Å². The number of fused-ring (bicyclic) bond motifs is 1. The van der Waals surface area contributed by atoms with Gasteiger partial charge in [-0.25, -0.2) is 0 Å². The van der Waals surface area contributed by atoms with E-state index in [1.807, 2.05) is 0 Å². The summed E-state index contributed by atoms with van der Waals surface area (Å²) < 4.78 is 0. The van der Waals surface area contributed by atoms with Crippen LogP contribution in [-0.4, -0.2) is 36.8 Å². The second-order valence-electron chi connectivity index (χ2n) is 9.90. The van der Waals surface area contributed by atoms with E-state index < -0.39 is 0 Å². The fraction of sp³-hybridized carbons (Fsp3) is 1.00. The predicted molar refractivity (Wildman–Crippen MR) is 102 cm³/mol. The van der Waals surface area contributed by atoms with Crippen LogP contribution < -0.4 is 0 Å². The van der Waals surface area contributed by atoms with Crippen LogP contribution in [0.15, 0.2) is 0 Å². The van der Waals surface area contributed by atoms with Gasteiger partial charge in [0.25, 0.3) is 0 Å². The van der Waals surface area contributed by atoms with Crippen molar-refractivity contribution in [2.24, 2.45) is 29.1 Å². The lowest BCUT2D eigenvalue weighted by molar-refractivity contribution is -0.0868. The van der Waals surface area contributed by atoms with Gasteiger partial charge in [-0.05, 0) is 69.9 Å². The summed E-state index contributed by atoms with van der Waals surface area (Å²) in [5.41, 5.74) is 0.0773. The van der Waals surface area contributed by atoms with E-state index in [-0.39, 0.29) is 11.5 Å². The van der Waals surface area contributed by atoms with Crippen LogP contribution in [0.2, 0.25) is 0 Å². The van der Waals surface area contributed by atoms with Crippen LogP contribution in [0, 0.1) is 29.1 Å². The zero-order valence-corrected chi connectivity index (χ0v) is 16.5. The lowest BCUT2D eigenvalue weighted by Gasteiger charge is -2.51. The van der Waals surface area contributed by atoms with Gasteiger partial charge in [0.15, 0.2) is 0 Å². The first kappa shape index (κ1) is 18.7. The van der Waals surface area contributed by atoms with Crippen LogP contribution in [0.5, 0.6) is 0 Å². The van der Waals surface area contributed by atoms with E-state index in [9.17, 15) is 5.11 Å². The third kappa shape index (κ3) is 4.01. The molecule has 2 nitrogen and oxygen atoms in total. The summed E-state index contributed by atoms with van der Waals surface area (Å²) in [6.45, 7) is 3.48. The summed E-state index contributed by atoms with van der Waals surface area (Å²) in [6.07, 6.45) is 16.5. The van der Waals surface area contributed by atoms with E-state index in [0.717, 1.165) is 24.3 Å². The maximum absolute atomic E-state index is 11.5. The van der Waals surface area contributed by atoms with Crippen LogP contribution in [0.3, 0.4) is 0 Å². The van der Waals surface area contributed by atoms with E-state index in [4.69, 9.17) is 0 Å². The monoisotopic (exact) mass is 335 g/mol. The van der Waals surface area contributed by atoms with Gasteiger partial charge in [-0.15, -0.1) is 0 Å². The second kappa shape index (κ2) is 8.08. The predicted octanol–water partition coefficient (Wildman–Crippen LogP) is 5.10. The van der Waals surface area contributed by atoms with Gasteiger partial charge in [0.2, 0.25) is 0 Å². The molecule has 0 aromatic rings. The summed E-state index contributed by atoms with van der Waals surface area (Å²) in [5.74, 6) is 3.23. The smallest absolute Gasteiger partial charge is 0.0636 e. The molecule has 0 aromatic carbocycles. The number of aliphatic hydroxyl groups excluding tert-OH is 1. The lowest BCUT2D eigenvalue weighted by Crippen LogP contribution is -2.51. The average molecular weight is 336 g/mol. The highest BCUT2D eigenvalue weighted by Gasteiger charge is 2.47. The molecule has 3 aliphatic rings. The fourth-order valence-electron chi connectivity index (χ4n) is 6.61. The first-order chi connectivity index (χ1) is 11.5. The molecule has 3 saturated carbocycles. The van der Waals surface area contributed by atoms with E-state index in [1.54, 1.807) is 0 Å². The van der Waals surface area contributed by atoms with Crippen LogP contribution in [0.25, 0.3) is 0 Å². The molecule has 3 aliphatic carbocycles. The van der Waals surface area contributed by atoms with E-state index >= 15 is 0 Å². The number of hydrogen-bond acceptors (Lipinski definition) is 2. The van der Waals surface area contributed by atoms with Crippen molar-refractivity contribution in [3.8, 4) is 0 Å². The third-order valence-corrected chi connectivity index (χ3v) is 7.90. The molecule has 5 unspecified atom stereocenters. The highest BCUT2D eigenvalue weighted by atomic mass is 16.3. The molecule has 0 radical (unpaired) electrons. The maximum atomic E-state index is 11.5. The third-order valence-electron chi connectivity index (χ3n) is 7.90. The first-order valence-corrected chi connectivity index (χ1v) is 10.8. The molecule has 0 spiro atoms. The quantitative estimate of drug-likeness (QED) is 0.755. The normalized spacial score (nSPS) is 36.1. The molecule has 2 heteroatoms. The molecular weight excluding hydrogens is 294 g/mol. The second-order valence-corrected chi connectivity index (χ2v) is 9.90. The van der Waals surface area contributed by atoms with Gasteiger partial charge >= 0.3 is 0 Å². The van der Waals surface area contributed by atoms with Crippen molar-refractivity contribution in [2.45, 2.75) is 90.1 Å². The standard InChI is InChI=1S/C22H41NO/c1-22(16-23(2)3,21(24)18-10-5-4-6-11-18)20-14-13-17-9-7-8-12-19(17)15-20/h17-21,24H,4-16H2,1-3H3. The van der Waals surface area contributed by atoms with Crippen molar-refractivity contribution in [2.75, 3.05) is 20.6 Å². The summed E-state index contributed by atoms with van der Waals surface area (Å²) in [7, 11) is 4.39. The molecule has 0 bridgehead atoms. The summed E-state index contributed by atoms with van der Waals surface area (Å²) in [5, 5.41) is 11.5. The van der Waals surface area contributed by atoms with Gasteiger partial charge in [0, 0.05) is 12.0 Å². The number of aliphatic hydroxyl groups is 1. The zero-order chi connectivity index (χ0) is 17.2. The van der Waals surface area contributed by atoms with Gasteiger partial charge in [0.1, 0.15) is 0 Å². The highest BCUT2D eigenvalue weighted by Crippen LogP contribution is 2.51. The molecule has 3 rings (SSSR count). The largest absolute Gasteiger partial charge is 0.392 e. The Balaban J connectivity index is 1.74. The van der Waals surface area contributed by atoms with Crippen molar-refractivity contribution in [1.29, 1.82) is 0 Å². The molecule has 0 aromatic heterocycles.